The molecule has 31 heavy (non-hydrogen) atoms. The topological polar surface area (TPSA) is 93.7 Å². The molecule has 0 aliphatic rings. The number of carbonyl (C=O) groups excluding carboxylic acids is 1. The third-order valence-electron chi connectivity index (χ3n) is 5.05. The van der Waals surface area contributed by atoms with Crippen LogP contribution in [0.1, 0.15) is 27.7 Å². The van der Waals surface area contributed by atoms with E-state index in [1.807, 2.05) is 0 Å². The average molecular weight is 449 g/mol. The lowest BCUT2D eigenvalue weighted by atomic mass is 9.93. The average Bonchev–Trinajstić information content (AvgIpc) is 2.75. The van der Waals surface area contributed by atoms with E-state index in [1.54, 1.807) is 24.3 Å². The van der Waals surface area contributed by atoms with Crippen LogP contribution in [-0.4, -0.2) is 41.1 Å². The van der Waals surface area contributed by atoms with Gasteiger partial charge in [0, 0.05) is 12.1 Å². The highest BCUT2D eigenvalue weighted by atomic mass is 32.2. The Morgan fingerprint density at radius 1 is 0.935 bits per heavy atom. The summed E-state index contributed by atoms with van der Waals surface area (Å²) in [7, 11) is -0.921. The summed E-state index contributed by atoms with van der Waals surface area (Å²) in [6.07, 6.45) is 0. The quantitative estimate of drug-likeness (QED) is 0.575. The van der Waals surface area contributed by atoms with E-state index < -0.39 is 9.84 Å². The van der Waals surface area contributed by atoms with Crippen LogP contribution in [0, 0.1) is 11.8 Å². The Bertz CT molecular complexity index is 995. The van der Waals surface area contributed by atoms with E-state index in [4.69, 9.17) is 9.47 Å². The fourth-order valence-corrected chi connectivity index (χ4v) is 4.92. The molecular formula is C23H32N2O5S. The number of benzene rings is 2. The molecule has 0 atom stereocenters. The fourth-order valence-electron chi connectivity index (χ4n) is 3.47. The summed E-state index contributed by atoms with van der Waals surface area (Å²) in [5, 5.41) is 6.00. The molecule has 0 unspecified atom stereocenters. The maximum absolute atomic E-state index is 13.3. The molecule has 0 aliphatic heterocycles. The van der Waals surface area contributed by atoms with Crippen LogP contribution in [-0.2, 0) is 14.6 Å². The van der Waals surface area contributed by atoms with Gasteiger partial charge in [-0.3, -0.25) is 4.79 Å². The molecule has 0 saturated heterocycles. The molecule has 8 heteroatoms. The number of ether oxygens (including phenoxy) is 2. The third-order valence-corrected chi connectivity index (χ3v) is 6.85. The lowest BCUT2D eigenvalue weighted by Crippen LogP contribution is -2.44. The van der Waals surface area contributed by atoms with Gasteiger partial charge in [0.2, 0.25) is 15.7 Å². The standard InChI is InChI=1S/C23H32N2O5S/c1-15(2)23(16(3)4)25-22(26)14-24-18-9-7-8-10-21(18)31(27,28)17-11-12-19(29-5)20(13-17)30-6/h7-13,15-16,23-24H,14H2,1-6H3,(H,25,26). The van der Waals surface area contributed by atoms with E-state index >= 15 is 0 Å². The van der Waals surface area contributed by atoms with Crippen LogP contribution < -0.4 is 20.1 Å². The first-order valence-corrected chi connectivity index (χ1v) is 11.7. The van der Waals surface area contributed by atoms with E-state index in [9.17, 15) is 13.2 Å². The molecular weight excluding hydrogens is 416 g/mol. The summed E-state index contributed by atoms with van der Waals surface area (Å²) in [6, 6.07) is 11.0. The van der Waals surface area contributed by atoms with Gasteiger partial charge in [-0.05, 0) is 36.1 Å². The minimum atomic E-state index is -3.85. The Balaban J connectivity index is 2.26. The van der Waals surface area contributed by atoms with Crippen molar-refractivity contribution in [3.05, 3.63) is 42.5 Å². The van der Waals surface area contributed by atoms with Gasteiger partial charge >= 0.3 is 0 Å². The van der Waals surface area contributed by atoms with Crippen molar-refractivity contribution in [3.8, 4) is 11.5 Å². The van der Waals surface area contributed by atoms with Crippen molar-refractivity contribution < 1.29 is 22.7 Å². The Morgan fingerprint density at radius 3 is 2.13 bits per heavy atom. The summed E-state index contributed by atoms with van der Waals surface area (Å²) in [5.41, 5.74) is 0.359. The normalized spacial score (nSPS) is 11.6. The highest BCUT2D eigenvalue weighted by Gasteiger charge is 2.24. The number of sulfone groups is 1. The SMILES string of the molecule is COc1ccc(S(=O)(=O)c2ccccc2NCC(=O)NC(C(C)C)C(C)C)cc1OC. The van der Waals surface area contributed by atoms with Crippen molar-refractivity contribution in [2.24, 2.45) is 11.8 Å². The number of carbonyl (C=O) groups is 1. The minimum Gasteiger partial charge on any atom is -0.493 e. The molecule has 7 nitrogen and oxygen atoms in total. The van der Waals surface area contributed by atoms with Crippen molar-refractivity contribution in [2.75, 3.05) is 26.1 Å². The van der Waals surface area contributed by atoms with Gasteiger partial charge in [-0.15, -0.1) is 0 Å². The molecule has 0 aliphatic carbocycles. The van der Waals surface area contributed by atoms with Crippen LogP contribution in [0.15, 0.2) is 52.3 Å². The zero-order chi connectivity index (χ0) is 23.2. The molecule has 0 bridgehead atoms. The van der Waals surface area contributed by atoms with Gasteiger partial charge in [0.05, 0.1) is 36.2 Å². The molecule has 2 N–H and O–H groups in total. The predicted octanol–water partition coefficient (Wildman–Crippen LogP) is 3.75. The highest BCUT2D eigenvalue weighted by molar-refractivity contribution is 7.91. The van der Waals surface area contributed by atoms with Gasteiger partial charge in [0.1, 0.15) is 0 Å². The molecule has 0 heterocycles. The first kappa shape index (κ1) is 24.5. The summed E-state index contributed by atoms with van der Waals surface area (Å²) in [6.45, 7) is 8.20. The van der Waals surface area contributed by atoms with Crippen molar-refractivity contribution in [1.29, 1.82) is 0 Å². The first-order chi connectivity index (χ1) is 14.6. The molecule has 170 valence electrons. The van der Waals surface area contributed by atoms with Gasteiger partial charge < -0.3 is 20.1 Å². The highest BCUT2D eigenvalue weighted by Crippen LogP contribution is 2.34. The summed E-state index contributed by atoms with van der Waals surface area (Å²) in [4.78, 5) is 12.6. The van der Waals surface area contributed by atoms with Crippen molar-refractivity contribution in [1.82, 2.24) is 5.32 Å². The van der Waals surface area contributed by atoms with Crippen LogP contribution in [0.5, 0.6) is 11.5 Å². The molecule has 0 saturated carbocycles. The second kappa shape index (κ2) is 10.5. The van der Waals surface area contributed by atoms with Gasteiger partial charge in [-0.2, -0.15) is 0 Å². The number of methoxy groups -OCH3 is 2. The monoisotopic (exact) mass is 448 g/mol. The Kier molecular flexibility index (Phi) is 8.33. The molecule has 0 radical (unpaired) electrons. The summed E-state index contributed by atoms with van der Waals surface area (Å²) < 4.78 is 37.0. The lowest BCUT2D eigenvalue weighted by Gasteiger charge is -2.26. The summed E-state index contributed by atoms with van der Waals surface area (Å²) in [5.74, 6) is 1.16. The van der Waals surface area contributed by atoms with Crippen molar-refractivity contribution >= 4 is 21.4 Å². The van der Waals surface area contributed by atoms with Gasteiger partial charge in [-0.25, -0.2) is 8.42 Å². The molecule has 0 fully saturated rings. The van der Waals surface area contributed by atoms with Crippen molar-refractivity contribution in [3.63, 3.8) is 0 Å². The Labute approximate surface area is 185 Å². The largest absolute Gasteiger partial charge is 0.493 e. The zero-order valence-electron chi connectivity index (χ0n) is 18.9. The van der Waals surface area contributed by atoms with E-state index in [1.165, 1.54) is 32.4 Å². The number of para-hydroxylation sites is 1. The van der Waals surface area contributed by atoms with E-state index in [-0.39, 0.29) is 28.3 Å². The molecule has 0 spiro atoms. The zero-order valence-corrected chi connectivity index (χ0v) is 19.7. The smallest absolute Gasteiger partial charge is 0.239 e. The van der Waals surface area contributed by atoms with E-state index in [0.29, 0.717) is 29.0 Å². The van der Waals surface area contributed by atoms with Crippen molar-refractivity contribution in [2.45, 2.75) is 43.5 Å². The van der Waals surface area contributed by atoms with Gasteiger partial charge in [-0.1, -0.05) is 39.8 Å². The van der Waals surface area contributed by atoms with Gasteiger partial charge in [0.15, 0.2) is 11.5 Å². The fraction of sp³-hybridized carbons (Fsp3) is 0.435. The second-order valence-corrected chi connectivity index (χ2v) is 9.87. The van der Waals surface area contributed by atoms with Crippen LogP contribution in [0.4, 0.5) is 5.69 Å². The Hall–Kier alpha value is -2.74. The van der Waals surface area contributed by atoms with Crippen LogP contribution in [0.25, 0.3) is 0 Å². The molecule has 2 aromatic carbocycles. The lowest BCUT2D eigenvalue weighted by molar-refractivity contribution is -0.120. The molecule has 1 amide bonds. The van der Waals surface area contributed by atoms with E-state index in [0.717, 1.165) is 0 Å². The maximum Gasteiger partial charge on any atom is 0.239 e. The van der Waals surface area contributed by atoms with Gasteiger partial charge in [0.25, 0.3) is 0 Å². The predicted molar refractivity (Wildman–Crippen MR) is 122 cm³/mol. The number of amides is 1. The number of nitrogens with one attached hydrogen (secondary N) is 2. The van der Waals surface area contributed by atoms with E-state index in [2.05, 4.69) is 38.3 Å². The number of anilines is 1. The van der Waals surface area contributed by atoms with Crippen LogP contribution in [0.2, 0.25) is 0 Å². The second-order valence-electron chi connectivity index (χ2n) is 7.95. The maximum atomic E-state index is 13.3. The molecule has 2 rings (SSSR count). The third kappa shape index (κ3) is 5.91. The Morgan fingerprint density at radius 2 is 1.55 bits per heavy atom. The molecule has 2 aromatic rings. The number of rotatable bonds is 10. The number of hydrogen-bond donors (Lipinski definition) is 2. The first-order valence-electron chi connectivity index (χ1n) is 10.2. The van der Waals surface area contributed by atoms with Crippen LogP contribution >= 0.6 is 0 Å². The minimum absolute atomic E-state index is 0.0333. The summed E-state index contributed by atoms with van der Waals surface area (Å²) >= 11 is 0. The van der Waals surface area contributed by atoms with Crippen LogP contribution in [0.3, 0.4) is 0 Å². The molecule has 0 aromatic heterocycles. The number of hydrogen-bond acceptors (Lipinski definition) is 6.